The van der Waals surface area contributed by atoms with Crippen LogP contribution in [0.4, 0.5) is 5.69 Å². The number of hydrogen-bond acceptors (Lipinski definition) is 4. The van der Waals surface area contributed by atoms with Gasteiger partial charge in [-0.3, -0.25) is 10.1 Å². The molecule has 0 bridgehead atoms. The van der Waals surface area contributed by atoms with Gasteiger partial charge in [-0.2, -0.15) is 0 Å². The van der Waals surface area contributed by atoms with Crippen LogP contribution in [0.2, 0.25) is 5.02 Å². The molecule has 0 fully saturated rings. The first-order chi connectivity index (χ1) is 10.1. The molecule has 0 aliphatic heterocycles. The Labute approximate surface area is 127 Å². The van der Waals surface area contributed by atoms with Crippen LogP contribution in [-0.4, -0.2) is 11.5 Å². The van der Waals surface area contributed by atoms with Gasteiger partial charge in [0.2, 0.25) is 0 Å². The fraction of sp³-hybridized carbons (Fsp3) is 0.200. The molecule has 0 saturated heterocycles. The van der Waals surface area contributed by atoms with Crippen molar-refractivity contribution < 1.29 is 9.66 Å². The Morgan fingerprint density at radius 3 is 2.48 bits per heavy atom. The molecular weight excluding hydrogens is 292 g/mol. The minimum Gasteiger partial charge on any atom is -0.489 e. The summed E-state index contributed by atoms with van der Waals surface area (Å²) in [4.78, 5) is 10.2. The number of nitro groups is 1. The van der Waals surface area contributed by atoms with Crippen LogP contribution in [0.15, 0.2) is 42.5 Å². The summed E-state index contributed by atoms with van der Waals surface area (Å²) in [7, 11) is 0. The second-order valence-corrected chi connectivity index (χ2v) is 4.91. The van der Waals surface area contributed by atoms with Gasteiger partial charge in [0.05, 0.1) is 9.95 Å². The van der Waals surface area contributed by atoms with Crippen molar-refractivity contribution in [1.82, 2.24) is 0 Å². The van der Waals surface area contributed by atoms with E-state index in [2.05, 4.69) is 0 Å². The van der Waals surface area contributed by atoms with Crippen LogP contribution in [0.3, 0.4) is 0 Å². The fourth-order valence-electron chi connectivity index (χ4n) is 1.85. The number of halogens is 1. The summed E-state index contributed by atoms with van der Waals surface area (Å²) in [5.74, 6) is 0.713. The molecule has 2 rings (SSSR count). The maximum absolute atomic E-state index is 10.6. The van der Waals surface area contributed by atoms with Crippen LogP contribution in [0.5, 0.6) is 5.75 Å². The Morgan fingerprint density at radius 2 is 1.90 bits per heavy atom. The van der Waals surface area contributed by atoms with Crippen molar-refractivity contribution in [3.05, 3.63) is 68.7 Å². The molecule has 2 aromatic rings. The third kappa shape index (κ3) is 4.18. The Balaban J connectivity index is 2.01. The van der Waals surface area contributed by atoms with E-state index in [1.165, 1.54) is 12.1 Å². The van der Waals surface area contributed by atoms with Crippen molar-refractivity contribution in [1.29, 1.82) is 0 Å². The minimum absolute atomic E-state index is 0.0325. The molecule has 21 heavy (non-hydrogen) atoms. The maximum atomic E-state index is 10.6. The second-order valence-electron chi connectivity index (χ2n) is 4.50. The summed E-state index contributed by atoms with van der Waals surface area (Å²) < 4.78 is 5.62. The van der Waals surface area contributed by atoms with Gasteiger partial charge in [0.1, 0.15) is 12.4 Å². The van der Waals surface area contributed by atoms with Crippen LogP contribution in [0.1, 0.15) is 11.1 Å². The molecule has 0 aromatic heterocycles. The number of benzene rings is 2. The molecule has 0 unspecified atom stereocenters. The maximum Gasteiger partial charge on any atom is 0.270 e. The van der Waals surface area contributed by atoms with Gasteiger partial charge in [-0.25, -0.2) is 0 Å². The van der Waals surface area contributed by atoms with Crippen LogP contribution in [0.25, 0.3) is 0 Å². The topological polar surface area (TPSA) is 78.4 Å². The van der Waals surface area contributed by atoms with E-state index in [1.54, 1.807) is 6.07 Å². The number of rotatable bonds is 6. The summed E-state index contributed by atoms with van der Waals surface area (Å²) >= 11 is 6.01. The van der Waals surface area contributed by atoms with Gasteiger partial charge >= 0.3 is 0 Å². The van der Waals surface area contributed by atoms with E-state index >= 15 is 0 Å². The zero-order valence-corrected chi connectivity index (χ0v) is 12.0. The normalized spacial score (nSPS) is 10.4. The van der Waals surface area contributed by atoms with Crippen LogP contribution < -0.4 is 10.5 Å². The van der Waals surface area contributed by atoms with E-state index in [-0.39, 0.29) is 12.3 Å². The van der Waals surface area contributed by atoms with Gasteiger partial charge in [0, 0.05) is 17.7 Å². The first kappa shape index (κ1) is 15.3. The third-order valence-corrected chi connectivity index (χ3v) is 3.35. The molecule has 0 aliphatic carbocycles. The van der Waals surface area contributed by atoms with Crippen LogP contribution in [0, 0.1) is 10.1 Å². The van der Waals surface area contributed by atoms with Crippen molar-refractivity contribution in [2.75, 3.05) is 6.54 Å². The fourth-order valence-corrected chi connectivity index (χ4v) is 2.08. The molecule has 6 heteroatoms. The van der Waals surface area contributed by atoms with Crippen molar-refractivity contribution in [3.8, 4) is 5.75 Å². The SMILES string of the molecule is NCCc1ccc(OCc2ccc([N+](=O)[O-])cc2Cl)cc1. The molecular formula is C15H15ClN2O3. The molecule has 110 valence electrons. The number of nitro benzene ring substituents is 1. The Kier molecular flexibility index (Phi) is 5.14. The molecule has 2 aromatic carbocycles. The standard InChI is InChI=1S/C15H15ClN2O3/c16-15-9-13(18(19)20)4-3-12(15)10-21-14-5-1-11(2-6-14)7-8-17/h1-6,9H,7-8,10,17H2. The number of hydrogen-bond donors (Lipinski definition) is 1. The lowest BCUT2D eigenvalue weighted by molar-refractivity contribution is -0.384. The molecule has 0 spiro atoms. The van der Waals surface area contributed by atoms with E-state index in [0.29, 0.717) is 22.9 Å². The van der Waals surface area contributed by atoms with Crippen molar-refractivity contribution in [2.24, 2.45) is 5.73 Å². The molecule has 0 aliphatic rings. The second kappa shape index (κ2) is 7.06. The van der Waals surface area contributed by atoms with E-state index in [0.717, 1.165) is 12.0 Å². The summed E-state index contributed by atoms with van der Waals surface area (Å²) in [6.07, 6.45) is 0.828. The molecule has 0 atom stereocenters. The lowest BCUT2D eigenvalue weighted by Gasteiger charge is -2.08. The number of ether oxygens (including phenoxy) is 1. The monoisotopic (exact) mass is 306 g/mol. The van der Waals surface area contributed by atoms with E-state index in [1.807, 2.05) is 24.3 Å². The average Bonchev–Trinajstić information content (AvgIpc) is 2.47. The zero-order valence-electron chi connectivity index (χ0n) is 11.3. The Bertz CT molecular complexity index is 629. The summed E-state index contributed by atoms with van der Waals surface area (Å²) in [5.41, 5.74) is 7.31. The predicted molar refractivity (Wildman–Crippen MR) is 81.6 cm³/mol. The zero-order chi connectivity index (χ0) is 15.2. The van der Waals surface area contributed by atoms with Gasteiger partial charge in [0.25, 0.3) is 5.69 Å². The van der Waals surface area contributed by atoms with Crippen LogP contribution >= 0.6 is 11.6 Å². The van der Waals surface area contributed by atoms with Gasteiger partial charge in [-0.15, -0.1) is 0 Å². The van der Waals surface area contributed by atoms with Crippen LogP contribution in [-0.2, 0) is 13.0 Å². The Morgan fingerprint density at radius 1 is 1.19 bits per heavy atom. The highest BCUT2D eigenvalue weighted by atomic mass is 35.5. The highest BCUT2D eigenvalue weighted by Crippen LogP contribution is 2.24. The van der Waals surface area contributed by atoms with E-state index in [4.69, 9.17) is 22.1 Å². The molecule has 0 radical (unpaired) electrons. The number of non-ortho nitro benzene ring substituents is 1. The van der Waals surface area contributed by atoms with Gasteiger partial charge in [0.15, 0.2) is 0 Å². The number of nitrogens with two attached hydrogens (primary N) is 1. The molecule has 0 saturated carbocycles. The molecule has 5 nitrogen and oxygen atoms in total. The van der Waals surface area contributed by atoms with Crippen molar-refractivity contribution in [2.45, 2.75) is 13.0 Å². The minimum atomic E-state index is -0.479. The average molecular weight is 307 g/mol. The van der Waals surface area contributed by atoms with Gasteiger partial charge < -0.3 is 10.5 Å². The highest BCUT2D eigenvalue weighted by molar-refractivity contribution is 6.31. The number of nitrogens with zero attached hydrogens (tertiary/aromatic N) is 1. The third-order valence-electron chi connectivity index (χ3n) is 3.00. The Hall–Kier alpha value is -2.11. The largest absolute Gasteiger partial charge is 0.489 e. The van der Waals surface area contributed by atoms with E-state index < -0.39 is 4.92 Å². The quantitative estimate of drug-likeness (QED) is 0.656. The predicted octanol–water partition coefficient (Wildman–Crippen LogP) is 3.33. The lowest BCUT2D eigenvalue weighted by atomic mass is 10.1. The highest BCUT2D eigenvalue weighted by Gasteiger charge is 2.09. The van der Waals surface area contributed by atoms with Gasteiger partial charge in [-0.1, -0.05) is 23.7 Å². The van der Waals surface area contributed by atoms with Crippen molar-refractivity contribution in [3.63, 3.8) is 0 Å². The summed E-state index contributed by atoms with van der Waals surface area (Å²) in [6, 6.07) is 12.0. The molecule has 0 amide bonds. The van der Waals surface area contributed by atoms with Gasteiger partial charge in [-0.05, 0) is 36.7 Å². The van der Waals surface area contributed by atoms with E-state index in [9.17, 15) is 10.1 Å². The molecule has 0 heterocycles. The molecule has 2 N–H and O–H groups in total. The first-order valence-electron chi connectivity index (χ1n) is 6.45. The first-order valence-corrected chi connectivity index (χ1v) is 6.82. The lowest BCUT2D eigenvalue weighted by Crippen LogP contribution is -2.02. The summed E-state index contributed by atoms with van der Waals surface area (Å²) in [5, 5.41) is 11.0. The van der Waals surface area contributed by atoms with Crippen molar-refractivity contribution >= 4 is 17.3 Å². The smallest absolute Gasteiger partial charge is 0.270 e. The summed E-state index contributed by atoms with van der Waals surface area (Å²) in [6.45, 7) is 0.867.